The number of carbonyl (C=O) groups is 1. The zero-order valence-electron chi connectivity index (χ0n) is 20.7. The van der Waals surface area contributed by atoms with Crippen LogP contribution < -0.4 is 10.6 Å². The van der Waals surface area contributed by atoms with Crippen LogP contribution >= 0.6 is 27.5 Å². The van der Waals surface area contributed by atoms with Crippen molar-refractivity contribution in [2.45, 2.75) is 50.4 Å². The van der Waals surface area contributed by atoms with Gasteiger partial charge in [0.1, 0.15) is 5.82 Å². The number of halogens is 2. The lowest BCUT2D eigenvalue weighted by atomic mass is 9.68. The third-order valence-corrected chi connectivity index (χ3v) is 8.13. The molecule has 0 radical (unpaired) electrons. The van der Waals surface area contributed by atoms with Crippen molar-refractivity contribution in [2.75, 3.05) is 18.4 Å². The summed E-state index contributed by atoms with van der Waals surface area (Å²) in [6.07, 6.45) is 8.81. The maximum atomic E-state index is 13.4. The Morgan fingerprint density at radius 3 is 2.51 bits per heavy atom. The third kappa shape index (κ3) is 5.53. The highest BCUT2D eigenvalue weighted by atomic mass is 79.9. The van der Waals surface area contributed by atoms with Gasteiger partial charge in [0.15, 0.2) is 5.65 Å². The minimum Gasteiger partial charge on any atom is -0.370 e. The predicted octanol–water partition coefficient (Wildman–Crippen LogP) is 7.02. The van der Waals surface area contributed by atoms with E-state index in [4.69, 9.17) is 16.6 Å². The first-order chi connectivity index (χ1) is 18.1. The summed E-state index contributed by atoms with van der Waals surface area (Å²) in [7, 11) is 0. The smallest absolute Gasteiger partial charge is 0.230 e. The Morgan fingerprint density at radius 1 is 1.00 bits per heavy atom. The van der Waals surface area contributed by atoms with Gasteiger partial charge in [-0.2, -0.15) is 9.61 Å². The molecular weight excluding hydrogens is 550 g/mol. The molecule has 0 saturated heterocycles. The standard InChI is InChI=1S/C29H31BrClN5O/c30-23-20-34-36-26(19-25(35-27(23)36)22-13-5-6-14-24(22)31)32-17-9-10-18-33-28(37)29(15-7-2-8-16-29)21-11-3-1-4-12-21/h1,3-6,11-14,19-20,32H,2,7-10,15-18H2,(H,33,37). The van der Waals surface area contributed by atoms with E-state index < -0.39 is 0 Å². The Hall–Kier alpha value is -2.90. The molecule has 0 aliphatic heterocycles. The average Bonchev–Trinajstić information content (AvgIpc) is 3.32. The molecule has 2 heterocycles. The molecule has 2 aromatic carbocycles. The highest BCUT2D eigenvalue weighted by Gasteiger charge is 2.40. The lowest BCUT2D eigenvalue weighted by molar-refractivity contribution is -0.128. The molecule has 1 fully saturated rings. The van der Waals surface area contributed by atoms with Crippen LogP contribution in [0.2, 0.25) is 5.02 Å². The molecular formula is C29H31BrClN5O. The van der Waals surface area contributed by atoms with Crippen LogP contribution in [0.25, 0.3) is 16.9 Å². The summed E-state index contributed by atoms with van der Waals surface area (Å²) >= 11 is 9.99. The summed E-state index contributed by atoms with van der Waals surface area (Å²) in [5, 5.41) is 11.9. The van der Waals surface area contributed by atoms with Crippen molar-refractivity contribution < 1.29 is 4.79 Å². The van der Waals surface area contributed by atoms with E-state index in [0.717, 1.165) is 77.8 Å². The largest absolute Gasteiger partial charge is 0.370 e. The number of nitrogens with zero attached hydrogens (tertiary/aromatic N) is 3. The van der Waals surface area contributed by atoms with Gasteiger partial charge < -0.3 is 10.6 Å². The van der Waals surface area contributed by atoms with Crippen LogP contribution in [0.5, 0.6) is 0 Å². The van der Waals surface area contributed by atoms with Crippen LogP contribution in [0.3, 0.4) is 0 Å². The van der Waals surface area contributed by atoms with Crippen molar-refractivity contribution in [2.24, 2.45) is 0 Å². The maximum Gasteiger partial charge on any atom is 0.230 e. The minimum absolute atomic E-state index is 0.174. The molecule has 0 unspecified atom stereocenters. The Labute approximate surface area is 231 Å². The van der Waals surface area contributed by atoms with E-state index in [-0.39, 0.29) is 11.3 Å². The Kier molecular flexibility index (Phi) is 8.11. The molecule has 2 aromatic heterocycles. The van der Waals surface area contributed by atoms with E-state index in [1.165, 1.54) is 6.42 Å². The average molecular weight is 581 g/mol. The molecule has 6 nitrogen and oxygen atoms in total. The molecule has 1 aliphatic carbocycles. The second-order valence-electron chi connectivity index (χ2n) is 9.63. The highest BCUT2D eigenvalue weighted by Crippen LogP contribution is 2.39. The van der Waals surface area contributed by atoms with E-state index in [1.807, 2.05) is 48.5 Å². The normalized spacial score (nSPS) is 15.0. The van der Waals surface area contributed by atoms with Gasteiger partial charge in [0, 0.05) is 29.7 Å². The number of anilines is 1. The number of hydrogen-bond acceptors (Lipinski definition) is 4. The third-order valence-electron chi connectivity index (χ3n) is 7.24. The molecule has 1 saturated carbocycles. The summed E-state index contributed by atoms with van der Waals surface area (Å²) in [5.41, 5.74) is 3.15. The first-order valence-electron chi connectivity index (χ1n) is 13.0. The summed E-state index contributed by atoms with van der Waals surface area (Å²) in [6.45, 7) is 1.41. The first kappa shape index (κ1) is 25.7. The van der Waals surface area contributed by atoms with Crippen molar-refractivity contribution >= 4 is 44.9 Å². The van der Waals surface area contributed by atoms with Crippen LogP contribution in [0.15, 0.2) is 71.3 Å². The summed E-state index contributed by atoms with van der Waals surface area (Å²) < 4.78 is 2.61. The number of aromatic nitrogens is 3. The van der Waals surface area contributed by atoms with Crippen LogP contribution in [0.1, 0.15) is 50.5 Å². The zero-order valence-corrected chi connectivity index (χ0v) is 23.1. The van der Waals surface area contributed by atoms with Gasteiger partial charge in [-0.25, -0.2) is 4.98 Å². The molecule has 0 atom stereocenters. The molecule has 1 aliphatic rings. The van der Waals surface area contributed by atoms with Crippen LogP contribution in [0.4, 0.5) is 5.82 Å². The molecule has 4 aromatic rings. The summed E-state index contributed by atoms with van der Waals surface area (Å²) in [5.74, 6) is 1.02. The number of unbranched alkanes of at least 4 members (excludes halogenated alkanes) is 1. The number of fused-ring (bicyclic) bond motifs is 1. The summed E-state index contributed by atoms with van der Waals surface area (Å²) in [4.78, 5) is 18.1. The Morgan fingerprint density at radius 2 is 1.73 bits per heavy atom. The molecule has 0 spiro atoms. The van der Waals surface area contributed by atoms with Crippen LogP contribution in [0, 0.1) is 0 Å². The molecule has 2 N–H and O–H groups in total. The Balaban J connectivity index is 1.20. The zero-order chi connectivity index (χ0) is 25.7. The lowest BCUT2D eigenvalue weighted by Gasteiger charge is -2.36. The number of nitrogens with one attached hydrogen (secondary N) is 2. The van der Waals surface area contributed by atoms with Crippen LogP contribution in [-0.2, 0) is 10.2 Å². The van der Waals surface area contributed by atoms with Gasteiger partial charge in [0.05, 0.1) is 21.8 Å². The molecule has 1 amide bonds. The number of carbonyl (C=O) groups excluding carboxylic acids is 1. The van der Waals surface area contributed by atoms with Gasteiger partial charge in [-0.15, -0.1) is 0 Å². The van der Waals surface area contributed by atoms with Crippen LogP contribution in [-0.4, -0.2) is 33.6 Å². The molecule has 5 rings (SSSR count). The van der Waals surface area contributed by atoms with Gasteiger partial charge in [-0.3, -0.25) is 4.79 Å². The van der Waals surface area contributed by atoms with Gasteiger partial charge in [-0.1, -0.05) is 79.4 Å². The number of benzene rings is 2. The van der Waals surface area contributed by atoms with Gasteiger partial charge in [0.25, 0.3) is 0 Å². The molecule has 37 heavy (non-hydrogen) atoms. The van der Waals surface area contributed by atoms with E-state index in [0.29, 0.717) is 11.6 Å². The fourth-order valence-corrected chi connectivity index (χ4v) is 5.85. The van der Waals surface area contributed by atoms with Crippen molar-refractivity contribution in [3.63, 3.8) is 0 Å². The Bertz CT molecular complexity index is 1370. The number of amides is 1. The van der Waals surface area contributed by atoms with E-state index in [9.17, 15) is 4.79 Å². The van der Waals surface area contributed by atoms with Gasteiger partial charge in [-0.05, 0) is 53.2 Å². The fourth-order valence-electron chi connectivity index (χ4n) is 5.27. The second-order valence-corrected chi connectivity index (χ2v) is 10.9. The van der Waals surface area contributed by atoms with E-state index in [1.54, 1.807) is 10.7 Å². The second kappa shape index (κ2) is 11.7. The minimum atomic E-state index is -0.386. The van der Waals surface area contributed by atoms with Crippen molar-refractivity contribution in [3.05, 3.63) is 81.9 Å². The first-order valence-corrected chi connectivity index (χ1v) is 14.1. The SMILES string of the molecule is O=C(NCCCCNc1cc(-c2ccccc2Cl)nc2c(Br)cnn12)C1(c2ccccc2)CCCCC1. The number of hydrogen-bond donors (Lipinski definition) is 2. The topological polar surface area (TPSA) is 71.3 Å². The quantitative estimate of drug-likeness (QED) is 0.209. The van der Waals surface area contributed by atoms with Crippen molar-refractivity contribution in [3.8, 4) is 11.3 Å². The summed E-state index contributed by atoms with van der Waals surface area (Å²) in [6, 6.07) is 20.0. The van der Waals surface area contributed by atoms with Crippen molar-refractivity contribution in [1.82, 2.24) is 19.9 Å². The van der Waals surface area contributed by atoms with E-state index >= 15 is 0 Å². The highest BCUT2D eigenvalue weighted by molar-refractivity contribution is 9.10. The predicted molar refractivity (Wildman–Crippen MR) is 153 cm³/mol. The molecule has 0 bridgehead atoms. The molecule has 192 valence electrons. The fraction of sp³-hybridized carbons (Fsp3) is 0.345. The monoisotopic (exact) mass is 579 g/mol. The lowest BCUT2D eigenvalue weighted by Crippen LogP contribution is -2.46. The molecule has 8 heteroatoms. The van der Waals surface area contributed by atoms with Gasteiger partial charge >= 0.3 is 0 Å². The number of rotatable bonds is 9. The van der Waals surface area contributed by atoms with Crippen molar-refractivity contribution in [1.29, 1.82) is 0 Å². The van der Waals surface area contributed by atoms with Gasteiger partial charge in [0.2, 0.25) is 5.91 Å². The maximum absolute atomic E-state index is 13.4. The van der Waals surface area contributed by atoms with E-state index in [2.05, 4.69) is 43.8 Å².